The van der Waals surface area contributed by atoms with Crippen LogP contribution in [0.3, 0.4) is 0 Å². The van der Waals surface area contributed by atoms with Crippen LogP contribution in [0.2, 0.25) is 0 Å². The lowest BCUT2D eigenvalue weighted by atomic mass is 9.98. The average molecular weight is 564 g/mol. The van der Waals surface area contributed by atoms with Crippen molar-refractivity contribution in [3.05, 3.63) is 36.2 Å². The number of hydrogen-bond donors (Lipinski definition) is 8. The predicted octanol–water partition coefficient (Wildman–Crippen LogP) is -0.792. The van der Waals surface area contributed by atoms with Gasteiger partial charge in [-0.05, 0) is 22.9 Å². The molecule has 2 aliphatic heterocycles. The molecular weight excluding hydrogens is 538 g/mol. The number of aliphatic hydroxyl groups is 1. The van der Waals surface area contributed by atoms with Crippen molar-refractivity contribution in [3.63, 3.8) is 0 Å². The first-order valence-electron chi connectivity index (χ1n) is 11.3. The Kier molecular flexibility index (Phi) is 6.51. The molecule has 1 fully saturated rings. The molecule has 11 N–H and O–H groups in total. The number of nitrogens with two attached hydrogens (primary N) is 3. The maximum atomic E-state index is 14.3. The van der Waals surface area contributed by atoms with E-state index in [-0.39, 0.29) is 18.7 Å². The van der Waals surface area contributed by atoms with Gasteiger partial charge in [-0.2, -0.15) is 5.21 Å². The van der Waals surface area contributed by atoms with E-state index in [0.717, 1.165) is 16.6 Å². The quantitative estimate of drug-likeness (QED) is 0.0973. The number of tetrazole rings is 1. The van der Waals surface area contributed by atoms with Crippen molar-refractivity contribution in [2.75, 3.05) is 19.7 Å². The highest BCUT2D eigenvalue weighted by atomic mass is 32.9. The van der Waals surface area contributed by atoms with E-state index in [1.54, 1.807) is 0 Å². The van der Waals surface area contributed by atoms with Crippen molar-refractivity contribution >= 4 is 41.7 Å². The molecule has 0 bridgehead atoms. The van der Waals surface area contributed by atoms with E-state index in [4.69, 9.17) is 20.2 Å². The Morgan fingerprint density at radius 3 is 2.86 bits per heavy atom. The minimum atomic E-state index is -2.85. The highest BCUT2D eigenvalue weighted by Crippen LogP contribution is 2.47. The third-order valence-electron chi connectivity index (χ3n) is 6.40. The van der Waals surface area contributed by atoms with Gasteiger partial charge >= 0.3 is 0 Å². The molecule has 5 unspecified atom stereocenters. The van der Waals surface area contributed by atoms with Crippen molar-refractivity contribution < 1.29 is 12.9 Å². The predicted molar refractivity (Wildman–Crippen MR) is 141 cm³/mol. The number of H-pyrrole nitrogens is 2. The minimum Gasteiger partial charge on any atom is -0.394 e. The van der Waals surface area contributed by atoms with E-state index < -0.39 is 24.5 Å². The zero-order chi connectivity index (χ0) is 25.7. The van der Waals surface area contributed by atoms with Gasteiger partial charge in [0, 0.05) is 36.3 Å². The topological polar surface area (TPSA) is 232 Å². The van der Waals surface area contributed by atoms with Crippen LogP contribution in [-0.2, 0) is 22.0 Å². The summed E-state index contributed by atoms with van der Waals surface area (Å²) in [6.45, 7) is 0.971. The third kappa shape index (κ3) is 3.98. The standard InChI is InChI=1S/C20H25N11O3S3/c21-11-6-24-7-14(11)29-37(33)15-5-4-9(16(20-27-30-31-28-20)18(15)36(37)34-35-23)10-2-1-3-13-17(10)26-19(25-13)12(22)8-32/h1-5,11-12,14,24,32H,6-8,21-23H2,(H,25,26)(H,29,33)(H,27,28,30,31). The Morgan fingerprint density at radius 2 is 2.16 bits per heavy atom. The van der Waals surface area contributed by atoms with Crippen LogP contribution < -0.4 is 26.6 Å². The van der Waals surface area contributed by atoms with Gasteiger partial charge in [-0.3, -0.25) is 5.14 Å². The maximum absolute atomic E-state index is 14.3. The number of para-hydroxylation sites is 1. The number of benzene rings is 2. The van der Waals surface area contributed by atoms with Gasteiger partial charge < -0.3 is 26.9 Å². The number of rotatable bonds is 8. The lowest BCUT2D eigenvalue weighted by Gasteiger charge is -2.33. The zero-order valence-corrected chi connectivity index (χ0v) is 21.7. The van der Waals surface area contributed by atoms with Gasteiger partial charge in [0.1, 0.15) is 14.5 Å². The Bertz CT molecular complexity index is 1600. The molecule has 1 saturated heterocycles. The first-order valence-corrected chi connectivity index (χ1v) is 15.3. The fourth-order valence-electron chi connectivity index (χ4n) is 4.59. The second-order valence-electron chi connectivity index (χ2n) is 8.61. The molecule has 0 radical (unpaired) electrons. The fourth-order valence-corrected chi connectivity index (χ4v) is 11.7. The first kappa shape index (κ1) is 24.9. The number of nitrogens with zero attached hydrogens (tertiary/aromatic N) is 4. The molecule has 14 nitrogen and oxygen atoms in total. The number of hydrogen-bond acceptors (Lipinski definition) is 12. The number of aliphatic hydroxyl groups excluding tert-OH is 1. The number of aromatic amines is 2. The Balaban J connectivity index is 1.56. The molecular formula is C20H25N11O3S3. The maximum Gasteiger partial charge on any atom is 0.206 e. The Morgan fingerprint density at radius 1 is 1.30 bits per heavy atom. The molecule has 0 aliphatic carbocycles. The summed E-state index contributed by atoms with van der Waals surface area (Å²) in [5.41, 5.74) is 15.7. The second kappa shape index (κ2) is 9.70. The van der Waals surface area contributed by atoms with Crippen molar-refractivity contribution in [2.45, 2.75) is 27.9 Å². The minimum absolute atomic E-state index is 0.189. The summed E-state index contributed by atoms with van der Waals surface area (Å²) in [5.74, 6) is 0.779. The summed E-state index contributed by atoms with van der Waals surface area (Å²) < 4.78 is 23.3. The molecule has 37 heavy (non-hydrogen) atoms. The fraction of sp³-hybridized carbons (Fsp3) is 0.300. The van der Waals surface area contributed by atoms with Crippen LogP contribution >= 0.6 is 12.2 Å². The molecule has 0 spiro atoms. The van der Waals surface area contributed by atoms with E-state index in [0.29, 0.717) is 57.8 Å². The van der Waals surface area contributed by atoms with E-state index in [1.165, 1.54) is 0 Å². The van der Waals surface area contributed by atoms with Gasteiger partial charge in [0.25, 0.3) is 0 Å². The van der Waals surface area contributed by atoms with Crippen LogP contribution in [0.15, 0.2) is 40.1 Å². The van der Waals surface area contributed by atoms with E-state index in [1.807, 2.05) is 30.3 Å². The van der Waals surface area contributed by atoms with Crippen LogP contribution in [0.4, 0.5) is 0 Å². The van der Waals surface area contributed by atoms with Gasteiger partial charge in [-0.25, -0.2) is 17.5 Å². The van der Waals surface area contributed by atoms with Gasteiger partial charge in [0.2, 0.25) is 5.82 Å². The smallest absolute Gasteiger partial charge is 0.206 e. The number of aromatic nitrogens is 6. The van der Waals surface area contributed by atoms with E-state index in [2.05, 4.69) is 40.6 Å². The van der Waals surface area contributed by atoms with Crippen LogP contribution in [0.1, 0.15) is 11.9 Å². The van der Waals surface area contributed by atoms with Gasteiger partial charge in [-0.15, -0.1) is 10.2 Å². The average Bonchev–Trinajstić information content (AvgIpc) is 3.67. The van der Waals surface area contributed by atoms with Crippen molar-refractivity contribution in [1.29, 1.82) is 0 Å². The normalized spacial score (nSPS) is 25.8. The molecule has 0 amide bonds. The largest absolute Gasteiger partial charge is 0.394 e. The number of fused-ring (bicyclic) bond motifs is 2. The highest BCUT2D eigenvalue weighted by molar-refractivity contribution is 8.48. The molecule has 17 heteroatoms. The Labute approximate surface area is 217 Å². The van der Waals surface area contributed by atoms with Gasteiger partial charge in [-0.1, -0.05) is 18.2 Å². The van der Waals surface area contributed by atoms with Crippen molar-refractivity contribution in [2.24, 2.45) is 16.6 Å². The molecule has 4 heterocycles. The summed E-state index contributed by atoms with van der Waals surface area (Å²) in [4.78, 5) is 9.10. The molecule has 4 aromatic rings. The van der Waals surface area contributed by atoms with Gasteiger partial charge in [0.05, 0.1) is 55.4 Å². The van der Waals surface area contributed by atoms with Crippen LogP contribution in [0.5, 0.6) is 0 Å². The first-order chi connectivity index (χ1) is 18.0. The number of nitrogens with one attached hydrogen (secondary N) is 4. The SMILES string of the molecule is NSOS1=S(=O)(NC2CNCC2N)c2ccc(-c3cccc4[nH]c(C(N)CO)nc34)c(-c3nn[nH]n3)c21. The van der Waals surface area contributed by atoms with E-state index >= 15 is 0 Å². The van der Waals surface area contributed by atoms with Crippen molar-refractivity contribution in [1.82, 2.24) is 40.6 Å². The monoisotopic (exact) mass is 563 g/mol. The summed E-state index contributed by atoms with van der Waals surface area (Å²) >= 11 is 0.656. The molecule has 2 aromatic heterocycles. The number of imidazole rings is 1. The summed E-state index contributed by atoms with van der Waals surface area (Å²) in [6.07, 6.45) is 0. The van der Waals surface area contributed by atoms with Crippen molar-refractivity contribution in [3.8, 4) is 22.5 Å². The third-order valence-corrected chi connectivity index (χ3v) is 13.2. The lowest BCUT2D eigenvalue weighted by Crippen LogP contribution is -2.49. The molecule has 5 atom stereocenters. The second-order valence-corrected chi connectivity index (χ2v) is 14.2. The van der Waals surface area contributed by atoms with Crippen LogP contribution in [0, 0.1) is 0 Å². The summed E-state index contributed by atoms with van der Waals surface area (Å²) in [7, 11) is -4.09. The summed E-state index contributed by atoms with van der Waals surface area (Å²) in [5, 5.41) is 33.1. The molecule has 2 aromatic carbocycles. The van der Waals surface area contributed by atoms with E-state index in [9.17, 15) is 9.32 Å². The van der Waals surface area contributed by atoms with Gasteiger partial charge in [0.15, 0.2) is 0 Å². The van der Waals surface area contributed by atoms with Crippen LogP contribution in [0.25, 0.3) is 33.5 Å². The highest BCUT2D eigenvalue weighted by Gasteiger charge is 2.41. The lowest BCUT2D eigenvalue weighted by molar-refractivity contribution is 0.264. The molecule has 196 valence electrons. The summed E-state index contributed by atoms with van der Waals surface area (Å²) in [6, 6.07) is 8.32. The van der Waals surface area contributed by atoms with Crippen LogP contribution in [-0.4, -0.2) is 71.7 Å². The Hall–Kier alpha value is -2.45. The molecule has 6 rings (SSSR count). The molecule has 0 saturated carbocycles. The zero-order valence-electron chi connectivity index (χ0n) is 19.2. The molecule has 2 aliphatic rings.